The van der Waals surface area contributed by atoms with Gasteiger partial charge in [0.1, 0.15) is 0 Å². The number of aromatic nitrogens is 3. The minimum absolute atomic E-state index is 0.193. The molecule has 0 aliphatic carbocycles. The first-order valence-corrected chi connectivity index (χ1v) is 8.38. The third-order valence-corrected chi connectivity index (χ3v) is 3.91. The number of nitrogens with one attached hydrogen (secondary N) is 2. The largest absolute Gasteiger partial charge is 0.467 e. The molecular formula is C17H22N6O2. The number of rotatable bonds is 5. The third-order valence-electron chi connectivity index (χ3n) is 3.91. The highest BCUT2D eigenvalue weighted by Crippen LogP contribution is 2.17. The second-order valence-corrected chi connectivity index (χ2v) is 5.76. The molecule has 0 unspecified atom stereocenters. The van der Waals surface area contributed by atoms with Crippen molar-refractivity contribution in [2.24, 2.45) is 0 Å². The lowest BCUT2D eigenvalue weighted by Gasteiger charge is -2.26. The summed E-state index contributed by atoms with van der Waals surface area (Å²) in [7, 11) is 1.52. The van der Waals surface area contributed by atoms with Crippen LogP contribution >= 0.6 is 0 Å². The van der Waals surface area contributed by atoms with Crippen LogP contribution in [0.3, 0.4) is 0 Å². The Kier molecular flexibility index (Phi) is 5.61. The number of amides is 2. The molecule has 2 heterocycles. The summed E-state index contributed by atoms with van der Waals surface area (Å²) < 4.78 is 5.17. The molecule has 0 radical (unpaired) electrons. The number of benzene rings is 1. The molecule has 8 heteroatoms. The Morgan fingerprint density at radius 1 is 1.12 bits per heavy atom. The predicted octanol–water partition coefficient (Wildman–Crippen LogP) is 2.19. The van der Waals surface area contributed by atoms with E-state index in [0.717, 1.165) is 31.6 Å². The van der Waals surface area contributed by atoms with Crippen molar-refractivity contribution >= 4 is 17.7 Å². The lowest BCUT2D eigenvalue weighted by Crippen LogP contribution is -2.32. The standard InChI is InChI=1S/C17H22N6O2/c1-25-17-21-14(20-15(22-17)23-10-6-3-7-11-23)12-18-16(24)19-13-8-4-2-5-9-13/h2,4-5,8-9H,3,6-7,10-12H2,1H3,(H2,18,19,24). The van der Waals surface area contributed by atoms with Crippen LogP contribution in [-0.2, 0) is 6.54 Å². The lowest BCUT2D eigenvalue weighted by atomic mass is 10.1. The number of urea groups is 1. The number of carbonyl (C=O) groups is 1. The molecule has 1 aliphatic heterocycles. The predicted molar refractivity (Wildman–Crippen MR) is 94.7 cm³/mol. The topological polar surface area (TPSA) is 92.3 Å². The molecule has 2 N–H and O–H groups in total. The summed E-state index contributed by atoms with van der Waals surface area (Å²) in [5.74, 6) is 1.07. The Hall–Kier alpha value is -2.90. The van der Waals surface area contributed by atoms with E-state index >= 15 is 0 Å². The number of anilines is 2. The normalized spacial score (nSPS) is 14.0. The fourth-order valence-electron chi connectivity index (χ4n) is 2.65. The van der Waals surface area contributed by atoms with Gasteiger partial charge in [0.05, 0.1) is 13.7 Å². The molecule has 1 aromatic heterocycles. The van der Waals surface area contributed by atoms with Gasteiger partial charge < -0.3 is 20.3 Å². The van der Waals surface area contributed by atoms with Gasteiger partial charge in [-0.3, -0.25) is 0 Å². The zero-order chi connectivity index (χ0) is 17.5. The molecule has 1 saturated heterocycles. The number of methoxy groups -OCH3 is 1. The Morgan fingerprint density at radius 3 is 2.60 bits per heavy atom. The van der Waals surface area contributed by atoms with E-state index in [4.69, 9.17) is 4.74 Å². The van der Waals surface area contributed by atoms with Crippen LogP contribution < -0.4 is 20.3 Å². The summed E-state index contributed by atoms with van der Waals surface area (Å²) >= 11 is 0. The van der Waals surface area contributed by atoms with E-state index in [1.807, 2.05) is 30.3 Å². The van der Waals surface area contributed by atoms with Gasteiger partial charge in [0.15, 0.2) is 5.82 Å². The summed E-state index contributed by atoms with van der Waals surface area (Å²) in [6, 6.07) is 9.19. The lowest BCUT2D eigenvalue weighted by molar-refractivity contribution is 0.251. The van der Waals surface area contributed by atoms with E-state index in [0.29, 0.717) is 11.8 Å². The van der Waals surface area contributed by atoms with Crippen molar-refractivity contribution in [3.63, 3.8) is 0 Å². The highest BCUT2D eigenvalue weighted by atomic mass is 16.5. The Bertz CT molecular complexity index is 704. The molecule has 25 heavy (non-hydrogen) atoms. The molecule has 2 aromatic rings. The van der Waals surface area contributed by atoms with Crippen molar-refractivity contribution in [3.05, 3.63) is 36.2 Å². The van der Waals surface area contributed by atoms with Gasteiger partial charge in [-0.25, -0.2) is 4.79 Å². The number of para-hydroxylation sites is 1. The van der Waals surface area contributed by atoms with Crippen LogP contribution in [0.15, 0.2) is 30.3 Å². The Morgan fingerprint density at radius 2 is 1.88 bits per heavy atom. The fourth-order valence-corrected chi connectivity index (χ4v) is 2.65. The maximum Gasteiger partial charge on any atom is 0.321 e. The van der Waals surface area contributed by atoms with Gasteiger partial charge in [0, 0.05) is 18.8 Å². The smallest absolute Gasteiger partial charge is 0.321 e. The van der Waals surface area contributed by atoms with Gasteiger partial charge in [-0.05, 0) is 31.4 Å². The molecule has 0 saturated carbocycles. The van der Waals surface area contributed by atoms with E-state index in [2.05, 4.69) is 30.5 Å². The molecular weight excluding hydrogens is 320 g/mol. The van der Waals surface area contributed by atoms with Gasteiger partial charge >= 0.3 is 12.0 Å². The van der Waals surface area contributed by atoms with E-state index in [1.165, 1.54) is 13.5 Å². The van der Waals surface area contributed by atoms with Gasteiger partial charge in [-0.1, -0.05) is 18.2 Å². The summed E-state index contributed by atoms with van der Waals surface area (Å²) in [6.07, 6.45) is 3.48. The number of piperidine rings is 1. The number of nitrogens with zero attached hydrogens (tertiary/aromatic N) is 4. The fraction of sp³-hybridized carbons (Fsp3) is 0.412. The molecule has 2 amide bonds. The van der Waals surface area contributed by atoms with Gasteiger partial charge in [-0.15, -0.1) is 0 Å². The van der Waals surface area contributed by atoms with Crippen LogP contribution in [0.1, 0.15) is 25.1 Å². The van der Waals surface area contributed by atoms with Crippen LogP contribution in [0.2, 0.25) is 0 Å². The summed E-state index contributed by atoms with van der Waals surface area (Å²) in [4.78, 5) is 27.1. The minimum Gasteiger partial charge on any atom is -0.467 e. The molecule has 132 valence electrons. The van der Waals surface area contributed by atoms with Crippen molar-refractivity contribution in [2.75, 3.05) is 30.4 Å². The SMILES string of the molecule is COc1nc(CNC(=O)Nc2ccccc2)nc(N2CCCCC2)n1. The molecule has 0 bridgehead atoms. The minimum atomic E-state index is -0.315. The van der Waals surface area contributed by atoms with Crippen molar-refractivity contribution < 1.29 is 9.53 Å². The first-order chi connectivity index (χ1) is 12.2. The zero-order valence-corrected chi connectivity index (χ0v) is 14.2. The van der Waals surface area contributed by atoms with Crippen LogP contribution in [0, 0.1) is 0 Å². The number of ether oxygens (including phenoxy) is 1. The van der Waals surface area contributed by atoms with Gasteiger partial charge in [-0.2, -0.15) is 15.0 Å². The van der Waals surface area contributed by atoms with Crippen LogP contribution in [0.4, 0.5) is 16.4 Å². The molecule has 3 rings (SSSR count). The van der Waals surface area contributed by atoms with E-state index in [1.54, 1.807) is 0 Å². The second-order valence-electron chi connectivity index (χ2n) is 5.76. The maximum absolute atomic E-state index is 12.0. The van der Waals surface area contributed by atoms with Crippen molar-refractivity contribution in [3.8, 4) is 6.01 Å². The highest BCUT2D eigenvalue weighted by Gasteiger charge is 2.16. The first-order valence-electron chi connectivity index (χ1n) is 8.38. The highest BCUT2D eigenvalue weighted by molar-refractivity contribution is 5.89. The summed E-state index contributed by atoms with van der Waals surface area (Å²) in [5.41, 5.74) is 0.724. The molecule has 1 aliphatic rings. The number of hydrogen-bond donors (Lipinski definition) is 2. The first kappa shape index (κ1) is 16.9. The van der Waals surface area contributed by atoms with Crippen molar-refractivity contribution in [1.29, 1.82) is 0 Å². The molecule has 0 atom stereocenters. The Balaban J connectivity index is 1.63. The Labute approximate surface area is 146 Å². The quantitative estimate of drug-likeness (QED) is 0.865. The van der Waals surface area contributed by atoms with E-state index in [9.17, 15) is 4.79 Å². The zero-order valence-electron chi connectivity index (χ0n) is 14.2. The van der Waals surface area contributed by atoms with Gasteiger partial charge in [0.25, 0.3) is 0 Å². The van der Waals surface area contributed by atoms with Crippen LogP contribution in [-0.4, -0.2) is 41.2 Å². The third kappa shape index (κ3) is 4.79. The summed E-state index contributed by atoms with van der Waals surface area (Å²) in [6.45, 7) is 2.04. The van der Waals surface area contributed by atoms with Crippen molar-refractivity contribution in [1.82, 2.24) is 20.3 Å². The maximum atomic E-state index is 12.0. The monoisotopic (exact) mass is 342 g/mol. The molecule has 1 aromatic carbocycles. The van der Waals surface area contributed by atoms with E-state index < -0.39 is 0 Å². The van der Waals surface area contributed by atoms with Crippen molar-refractivity contribution in [2.45, 2.75) is 25.8 Å². The van der Waals surface area contributed by atoms with Gasteiger partial charge in [0.2, 0.25) is 5.95 Å². The second kappa shape index (κ2) is 8.27. The molecule has 0 spiro atoms. The number of hydrogen-bond acceptors (Lipinski definition) is 6. The number of carbonyl (C=O) groups excluding carboxylic acids is 1. The summed E-state index contributed by atoms with van der Waals surface area (Å²) in [5, 5.41) is 5.51. The van der Waals surface area contributed by atoms with Crippen LogP contribution in [0.25, 0.3) is 0 Å². The molecule has 1 fully saturated rings. The average molecular weight is 342 g/mol. The van der Waals surface area contributed by atoms with Crippen LogP contribution in [0.5, 0.6) is 6.01 Å². The average Bonchev–Trinajstić information content (AvgIpc) is 2.67. The van der Waals surface area contributed by atoms with E-state index in [-0.39, 0.29) is 18.6 Å². The molecule has 8 nitrogen and oxygen atoms in total.